The van der Waals surface area contributed by atoms with Crippen molar-refractivity contribution in [2.45, 2.75) is 0 Å². The summed E-state index contributed by atoms with van der Waals surface area (Å²) in [5, 5.41) is 4.31. The van der Waals surface area contributed by atoms with Gasteiger partial charge in [0.1, 0.15) is 23.8 Å². The van der Waals surface area contributed by atoms with Gasteiger partial charge in [0.05, 0.1) is 7.11 Å². The van der Waals surface area contributed by atoms with Crippen molar-refractivity contribution in [2.75, 3.05) is 13.7 Å². The molecule has 120 valence electrons. The molecule has 23 heavy (non-hydrogen) atoms. The lowest BCUT2D eigenvalue weighted by atomic mass is 10.1. The summed E-state index contributed by atoms with van der Waals surface area (Å²) in [6.07, 6.45) is 0. The van der Waals surface area contributed by atoms with Gasteiger partial charge in [-0.25, -0.2) is 0 Å². The number of halogens is 1. The summed E-state index contributed by atoms with van der Waals surface area (Å²) in [6, 6.07) is 15.1. The van der Waals surface area contributed by atoms with Gasteiger partial charge in [-0.1, -0.05) is 28.1 Å². The number of nitrogens with zero attached hydrogens (tertiary/aromatic N) is 1. The minimum absolute atomic E-state index is 0.101. The van der Waals surface area contributed by atoms with E-state index >= 15 is 0 Å². The molecule has 5 nitrogen and oxygen atoms in total. The van der Waals surface area contributed by atoms with Crippen molar-refractivity contribution in [3.05, 3.63) is 58.6 Å². The molecule has 3 N–H and O–H groups in total. The highest BCUT2D eigenvalue weighted by atomic mass is 79.9. The first-order valence-corrected chi connectivity index (χ1v) is 7.93. The van der Waals surface area contributed by atoms with Crippen LogP contribution in [0.25, 0.3) is 0 Å². The predicted molar refractivity (Wildman–Crippen MR) is 99.1 cm³/mol. The van der Waals surface area contributed by atoms with Crippen molar-refractivity contribution in [3.63, 3.8) is 0 Å². The molecule has 0 spiro atoms. The van der Waals surface area contributed by atoms with E-state index in [1.165, 1.54) is 0 Å². The Morgan fingerprint density at radius 2 is 1.74 bits per heavy atom. The molecule has 0 aliphatic carbocycles. The van der Waals surface area contributed by atoms with Crippen LogP contribution in [0.5, 0.6) is 11.5 Å². The summed E-state index contributed by atoms with van der Waals surface area (Å²) in [4.78, 5) is 0. The molecule has 0 unspecified atom stereocenters. The summed E-state index contributed by atoms with van der Waals surface area (Å²) in [5.74, 6) is 1.49. The van der Waals surface area contributed by atoms with Crippen molar-refractivity contribution < 1.29 is 9.47 Å². The molecule has 2 aromatic carbocycles. The molecule has 2 rings (SSSR count). The molecule has 0 aliphatic heterocycles. The van der Waals surface area contributed by atoms with Gasteiger partial charge in [0.2, 0.25) is 0 Å². The number of nitrogens with one attached hydrogen (secondary N) is 1. The Hall–Kier alpha value is -2.12. The van der Waals surface area contributed by atoms with Crippen molar-refractivity contribution in [1.29, 1.82) is 0 Å². The molecule has 0 aliphatic rings. The van der Waals surface area contributed by atoms with Crippen LogP contribution in [0.1, 0.15) is 5.56 Å². The van der Waals surface area contributed by atoms with E-state index in [1.807, 2.05) is 48.5 Å². The minimum atomic E-state index is 0.101. The summed E-state index contributed by atoms with van der Waals surface area (Å²) in [6.45, 7) is 0.267. The van der Waals surface area contributed by atoms with Crippen LogP contribution in [0.2, 0.25) is 0 Å². The van der Waals surface area contributed by atoms with Gasteiger partial charge in [-0.05, 0) is 48.6 Å². The SMILES string of the molecule is COc1ccc(OC/C(=N\NC(N)=S)c2ccc(Br)cc2)cc1. The summed E-state index contributed by atoms with van der Waals surface area (Å²) < 4.78 is 11.9. The van der Waals surface area contributed by atoms with Gasteiger partial charge < -0.3 is 15.2 Å². The van der Waals surface area contributed by atoms with Crippen LogP contribution in [-0.2, 0) is 0 Å². The fraction of sp³-hybridized carbons (Fsp3) is 0.125. The lowest BCUT2D eigenvalue weighted by molar-refractivity contribution is 0.373. The Balaban J connectivity index is 2.12. The number of nitrogens with two attached hydrogens (primary N) is 1. The number of hydrogen-bond acceptors (Lipinski definition) is 4. The van der Waals surface area contributed by atoms with Crippen LogP contribution in [0.4, 0.5) is 0 Å². The van der Waals surface area contributed by atoms with Gasteiger partial charge in [-0.3, -0.25) is 5.43 Å². The van der Waals surface area contributed by atoms with Crippen molar-refractivity contribution in [1.82, 2.24) is 5.43 Å². The second kappa shape index (κ2) is 8.50. The molecule has 0 fully saturated rings. The van der Waals surface area contributed by atoms with E-state index < -0.39 is 0 Å². The van der Waals surface area contributed by atoms with Crippen molar-refractivity contribution in [2.24, 2.45) is 10.8 Å². The largest absolute Gasteiger partial charge is 0.497 e. The molecule has 2 aromatic rings. The monoisotopic (exact) mass is 393 g/mol. The minimum Gasteiger partial charge on any atom is -0.497 e. The maximum atomic E-state index is 5.76. The molecular formula is C16H16BrN3O2S. The number of ether oxygens (including phenoxy) is 2. The molecule has 0 saturated carbocycles. The first-order valence-electron chi connectivity index (χ1n) is 6.73. The zero-order valence-corrected chi connectivity index (χ0v) is 14.9. The fourth-order valence-corrected chi connectivity index (χ4v) is 2.08. The Morgan fingerprint density at radius 3 is 2.30 bits per heavy atom. The second-order valence-corrected chi connectivity index (χ2v) is 5.86. The van der Waals surface area contributed by atoms with E-state index in [0.717, 1.165) is 15.8 Å². The highest BCUT2D eigenvalue weighted by Gasteiger charge is 2.06. The Labute approximate surface area is 148 Å². The highest BCUT2D eigenvalue weighted by Crippen LogP contribution is 2.18. The molecule has 0 saturated heterocycles. The number of hydrogen-bond donors (Lipinski definition) is 2. The summed E-state index contributed by atoms with van der Waals surface area (Å²) >= 11 is 8.19. The molecule has 0 radical (unpaired) electrons. The van der Waals surface area contributed by atoms with Crippen LogP contribution in [0, 0.1) is 0 Å². The quantitative estimate of drug-likeness (QED) is 0.448. The number of methoxy groups -OCH3 is 1. The van der Waals surface area contributed by atoms with Gasteiger partial charge in [0.15, 0.2) is 5.11 Å². The topological polar surface area (TPSA) is 68.9 Å². The number of hydrazone groups is 1. The standard InChI is InChI=1S/C16H16BrN3O2S/c1-21-13-6-8-14(9-7-13)22-10-15(19-20-16(18)23)11-2-4-12(17)5-3-11/h2-9H,10H2,1H3,(H3,18,20,23)/b19-15+. The summed E-state index contributed by atoms with van der Waals surface area (Å²) in [5.41, 5.74) is 9.62. The lowest BCUT2D eigenvalue weighted by Crippen LogP contribution is -2.27. The molecule has 0 atom stereocenters. The predicted octanol–water partition coefficient (Wildman–Crippen LogP) is 3.07. The lowest BCUT2D eigenvalue weighted by Gasteiger charge is -2.10. The van der Waals surface area contributed by atoms with Crippen LogP contribution in [0.15, 0.2) is 58.1 Å². The number of thiocarbonyl (C=S) groups is 1. The molecule has 0 amide bonds. The average Bonchev–Trinajstić information content (AvgIpc) is 2.56. The van der Waals surface area contributed by atoms with Crippen LogP contribution < -0.4 is 20.6 Å². The summed E-state index contributed by atoms with van der Waals surface area (Å²) in [7, 11) is 1.62. The van der Waals surface area contributed by atoms with E-state index in [-0.39, 0.29) is 11.7 Å². The van der Waals surface area contributed by atoms with Crippen LogP contribution in [-0.4, -0.2) is 24.5 Å². The van der Waals surface area contributed by atoms with Gasteiger partial charge in [-0.15, -0.1) is 0 Å². The maximum Gasteiger partial charge on any atom is 0.184 e. The zero-order valence-electron chi connectivity index (χ0n) is 12.5. The Kier molecular flexibility index (Phi) is 6.37. The third-order valence-corrected chi connectivity index (χ3v) is 3.53. The highest BCUT2D eigenvalue weighted by molar-refractivity contribution is 9.10. The Bertz CT molecular complexity index is 687. The van der Waals surface area contributed by atoms with E-state index in [9.17, 15) is 0 Å². The van der Waals surface area contributed by atoms with E-state index in [1.54, 1.807) is 7.11 Å². The van der Waals surface area contributed by atoms with Gasteiger partial charge >= 0.3 is 0 Å². The smallest absolute Gasteiger partial charge is 0.184 e. The van der Waals surface area contributed by atoms with Crippen molar-refractivity contribution >= 4 is 39.0 Å². The molecule has 7 heteroatoms. The average molecular weight is 394 g/mol. The van der Waals surface area contributed by atoms with Crippen LogP contribution >= 0.6 is 28.1 Å². The van der Waals surface area contributed by atoms with E-state index in [0.29, 0.717) is 11.5 Å². The fourth-order valence-electron chi connectivity index (χ4n) is 1.77. The third kappa shape index (κ3) is 5.54. The number of rotatable bonds is 6. The van der Waals surface area contributed by atoms with Gasteiger partial charge in [0.25, 0.3) is 0 Å². The van der Waals surface area contributed by atoms with Gasteiger partial charge in [0, 0.05) is 10.0 Å². The van der Waals surface area contributed by atoms with E-state index in [4.69, 9.17) is 27.4 Å². The third-order valence-electron chi connectivity index (χ3n) is 2.91. The molecule has 0 aromatic heterocycles. The molecular weight excluding hydrogens is 378 g/mol. The first kappa shape index (κ1) is 17.2. The Morgan fingerprint density at radius 1 is 1.13 bits per heavy atom. The van der Waals surface area contributed by atoms with Gasteiger partial charge in [-0.2, -0.15) is 5.10 Å². The zero-order chi connectivity index (χ0) is 16.7. The molecule has 0 bridgehead atoms. The van der Waals surface area contributed by atoms with Crippen molar-refractivity contribution in [3.8, 4) is 11.5 Å². The maximum absolute atomic E-state index is 5.76. The van der Waals surface area contributed by atoms with E-state index in [2.05, 4.69) is 26.5 Å². The normalized spacial score (nSPS) is 11.0. The van der Waals surface area contributed by atoms with Crippen LogP contribution in [0.3, 0.4) is 0 Å². The number of benzene rings is 2. The first-order chi connectivity index (χ1) is 11.1. The molecule has 0 heterocycles. The second-order valence-electron chi connectivity index (χ2n) is 4.51.